The highest BCUT2D eigenvalue weighted by molar-refractivity contribution is 5.97. The number of aliphatic hydroxyl groups excluding tert-OH is 1. The van der Waals surface area contributed by atoms with E-state index >= 15 is 0 Å². The minimum atomic E-state index is -0.445. The molecule has 1 aliphatic heterocycles. The summed E-state index contributed by atoms with van der Waals surface area (Å²) in [4.78, 5) is 23.7. The van der Waals surface area contributed by atoms with Gasteiger partial charge in [0.2, 0.25) is 0 Å². The Morgan fingerprint density at radius 3 is 2.59 bits per heavy atom. The second-order valence-electron chi connectivity index (χ2n) is 8.41. The molecule has 178 valence electrons. The monoisotopic (exact) mass is 460 g/mol. The number of hydrogen-bond donors (Lipinski definition) is 4. The molecular formula is C26H32N6O2. The molecule has 0 saturated heterocycles. The highest BCUT2D eigenvalue weighted by Crippen LogP contribution is 2.28. The molecule has 0 radical (unpaired) electrons. The predicted molar refractivity (Wildman–Crippen MR) is 136 cm³/mol. The lowest BCUT2D eigenvalue weighted by Gasteiger charge is -2.33. The smallest absolute Gasteiger partial charge is 0.256 e. The minimum absolute atomic E-state index is 0.0850. The summed E-state index contributed by atoms with van der Waals surface area (Å²) in [6, 6.07) is 13.1. The van der Waals surface area contributed by atoms with Crippen LogP contribution in [0.2, 0.25) is 0 Å². The molecule has 1 aliphatic rings. The fraction of sp³-hybridized carbons (Fsp3) is 0.269. The van der Waals surface area contributed by atoms with Gasteiger partial charge in [-0.3, -0.25) is 14.8 Å². The number of likely N-dealkylation sites (N-methyl/N-ethyl adjacent to an activating group) is 1. The third-order valence-corrected chi connectivity index (χ3v) is 5.68. The van der Waals surface area contributed by atoms with E-state index in [2.05, 4.69) is 15.3 Å². The number of aliphatic hydroxyl groups is 1. The molecule has 6 N–H and O–H groups in total. The number of allylic oxidation sites excluding steroid dienone is 1. The fourth-order valence-corrected chi connectivity index (χ4v) is 3.81. The Balaban J connectivity index is 1.74. The van der Waals surface area contributed by atoms with E-state index in [1.54, 1.807) is 25.4 Å². The zero-order chi connectivity index (χ0) is 24.8. The Hall–Kier alpha value is -4.07. The first-order valence-electron chi connectivity index (χ1n) is 11.1. The molecule has 2 heterocycles. The molecule has 0 bridgehead atoms. The number of pyridine rings is 1. The summed E-state index contributed by atoms with van der Waals surface area (Å²) in [5.41, 5.74) is 15.7. The van der Waals surface area contributed by atoms with Crippen LogP contribution in [0.15, 0.2) is 88.5 Å². The Bertz CT molecular complexity index is 1150. The normalized spacial score (nSPS) is 17.9. The van der Waals surface area contributed by atoms with E-state index < -0.39 is 6.04 Å². The lowest BCUT2D eigenvalue weighted by molar-refractivity contribution is -0.117. The molecule has 8 heteroatoms. The highest BCUT2D eigenvalue weighted by Gasteiger charge is 2.31. The van der Waals surface area contributed by atoms with Crippen molar-refractivity contribution in [3.05, 3.63) is 89.1 Å². The maximum atomic E-state index is 13.0. The average molecular weight is 461 g/mol. The molecule has 8 nitrogen and oxygen atoms in total. The molecular weight excluding hydrogens is 428 g/mol. The lowest BCUT2D eigenvalue weighted by atomic mass is 9.93. The van der Waals surface area contributed by atoms with Gasteiger partial charge in [0.15, 0.2) is 0 Å². The number of benzene rings is 1. The van der Waals surface area contributed by atoms with E-state index in [1.165, 1.54) is 0 Å². The van der Waals surface area contributed by atoms with Crippen LogP contribution in [0.5, 0.6) is 0 Å². The van der Waals surface area contributed by atoms with Gasteiger partial charge in [0.1, 0.15) is 11.6 Å². The van der Waals surface area contributed by atoms with Gasteiger partial charge in [-0.05, 0) is 38.5 Å². The maximum absolute atomic E-state index is 13.0. The van der Waals surface area contributed by atoms with Crippen molar-refractivity contribution in [1.82, 2.24) is 15.2 Å². The van der Waals surface area contributed by atoms with E-state index in [9.17, 15) is 9.90 Å². The molecule has 3 rings (SSSR count). The molecule has 2 unspecified atom stereocenters. The number of hydrogen-bond acceptors (Lipinski definition) is 6. The SMILES string of the molecule is C/C(N)=C/C(N)=NC(C)C1=C(O)C(C(=O)NCc2ccc(-c3ccccc3)nc2)=CN(C)C1C. The van der Waals surface area contributed by atoms with Gasteiger partial charge in [0.25, 0.3) is 5.91 Å². The summed E-state index contributed by atoms with van der Waals surface area (Å²) in [6.07, 6.45) is 4.94. The number of nitrogens with one attached hydrogen (secondary N) is 1. The number of carbonyl (C=O) groups is 1. The van der Waals surface area contributed by atoms with Gasteiger partial charge in [-0.1, -0.05) is 36.4 Å². The van der Waals surface area contributed by atoms with Gasteiger partial charge in [-0.2, -0.15) is 0 Å². The molecule has 1 aromatic heterocycles. The van der Waals surface area contributed by atoms with Gasteiger partial charge < -0.3 is 26.8 Å². The van der Waals surface area contributed by atoms with Crippen molar-refractivity contribution >= 4 is 11.7 Å². The van der Waals surface area contributed by atoms with Crippen molar-refractivity contribution in [3.63, 3.8) is 0 Å². The number of carbonyl (C=O) groups excluding carboxylic acids is 1. The molecule has 2 atom stereocenters. The second-order valence-corrected chi connectivity index (χ2v) is 8.41. The van der Waals surface area contributed by atoms with Crippen molar-refractivity contribution in [1.29, 1.82) is 0 Å². The molecule has 1 aromatic carbocycles. The van der Waals surface area contributed by atoms with Crippen LogP contribution in [-0.2, 0) is 11.3 Å². The predicted octanol–water partition coefficient (Wildman–Crippen LogP) is 3.00. The van der Waals surface area contributed by atoms with Gasteiger partial charge in [0, 0.05) is 42.8 Å². The van der Waals surface area contributed by atoms with Crippen molar-refractivity contribution in [2.75, 3.05) is 7.05 Å². The Labute approximate surface area is 200 Å². The summed E-state index contributed by atoms with van der Waals surface area (Å²) < 4.78 is 0. The molecule has 0 aliphatic carbocycles. The number of aromatic nitrogens is 1. The summed E-state index contributed by atoms with van der Waals surface area (Å²) >= 11 is 0. The average Bonchev–Trinajstić information content (AvgIpc) is 2.80. The molecule has 0 fully saturated rings. The summed E-state index contributed by atoms with van der Waals surface area (Å²) in [7, 11) is 1.85. The van der Waals surface area contributed by atoms with Crippen molar-refractivity contribution in [2.24, 2.45) is 16.5 Å². The third kappa shape index (κ3) is 5.83. The first kappa shape index (κ1) is 24.6. The van der Waals surface area contributed by atoms with Crippen LogP contribution in [0.1, 0.15) is 26.3 Å². The van der Waals surface area contributed by atoms with E-state index in [0.717, 1.165) is 16.8 Å². The third-order valence-electron chi connectivity index (χ3n) is 5.68. The number of nitrogens with two attached hydrogens (primary N) is 2. The number of amides is 1. The van der Waals surface area contributed by atoms with Gasteiger partial charge in [-0.15, -0.1) is 0 Å². The zero-order valence-electron chi connectivity index (χ0n) is 20.0. The Morgan fingerprint density at radius 2 is 1.97 bits per heavy atom. The first-order chi connectivity index (χ1) is 16.2. The summed E-state index contributed by atoms with van der Waals surface area (Å²) in [5, 5.41) is 13.8. The lowest BCUT2D eigenvalue weighted by Crippen LogP contribution is -2.38. The Morgan fingerprint density at radius 1 is 1.26 bits per heavy atom. The van der Waals surface area contributed by atoms with E-state index in [4.69, 9.17) is 11.5 Å². The van der Waals surface area contributed by atoms with E-state index in [1.807, 2.05) is 68.3 Å². The van der Waals surface area contributed by atoms with Crippen LogP contribution in [0.4, 0.5) is 0 Å². The van der Waals surface area contributed by atoms with Crippen LogP contribution in [0.3, 0.4) is 0 Å². The number of rotatable bonds is 7. The van der Waals surface area contributed by atoms with Crippen LogP contribution < -0.4 is 16.8 Å². The minimum Gasteiger partial charge on any atom is -0.507 e. The first-order valence-corrected chi connectivity index (χ1v) is 11.1. The maximum Gasteiger partial charge on any atom is 0.256 e. The van der Waals surface area contributed by atoms with Gasteiger partial charge in [-0.25, -0.2) is 0 Å². The van der Waals surface area contributed by atoms with Crippen LogP contribution in [0.25, 0.3) is 11.3 Å². The van der Waals surface area contributed by atoms with Crippen LogP contribution in [0, 0.1) is 0 Å². The molecule has 34 heavy (non-hydrogen) atoms. The highest BCUT2D eigenvalue weighted by atomic mass is 16.3. The summed E-state index contributed by atoms with van der Waals surface area (Å²) in [5.74, 6) is -0.212. The number of nitrogens with zero attached hydrogens (tertiary/aromatic N) is 3. The standard InChI is InChI=1S/C26H32N6O2/c1-16(27)12-23(28)31-17(2)24-18(3)32(4)15-21(25(24)33)26(34)30-14-19-10-11-22(29-13-19)20-8-6-5-7-9-20/h5-13,15,17-18,33H,14,27H2,1-4H3,(H2,28,31)(H,30,34)/b16-12-. The van der Waals surface area contributed by atoms with Crippen molar-refractivity contribution in [3.8, 4) is 11.3 Å². The fourth-order valence-electron chi connectivity index (χ4n) is 3.81. The molecule has 1 amide bonds. The summed E-state index contributed by atoms with van der Waals surface area (Å²) in [6.45, 7) is 5.75. The molecule has 0 saturated carbocycles. The molecule has 2 aromatic rings. The number of amidine groups is 1. The number of aliphatic imine (C=N–C) groups is 1. The quantitative estimate of drug-likeness (QED) is 0.371. The second kappa shape index (κ2) is 10.7. The van der Waals surface area contributed by atoms with Crippen molar-refractivity contribution in [2.45, 2.75) is 39.4 Å². The topological polar surface area (TPSA) is 130 Å². The molecule has 0 spiro atoms. The van der Waals surface area contributed by atoms with Gasteiger partial charge in [0.05, 0.1) is 23.4 Å². The largest absolute Gasteiger partial charge is 0.507 e. The van der Waals surface area contributed by atoms with Crippen LogP contribution in [-0.4, -0.2) is 45.9 Å². The van der Waals surface area contributed by atoms with Crippen molar-refractivity contribution < 1.29 is 9.90 Å². The van der Waals surface area contributed by atoms with Crippen LogP contribution >= 0.6 is 0 Å². The van der Waals surface area contributed by atoms with E-state index in [-0.39, 0.29) is 35.7 Å². The Kier molecular flexibility index (Phi) is 7.73. The zero-order valence-corrected chi connectivity index (χ0v) is 20.0. The van der Waals surface area contributed by atoms with Gasteiger partial charge >= 0.3 is 0 Å². The van der Waals surface area contributed by atoms with E-state index in [0.29, 0.717) is 11.3 Å².